The van der Waals surface area contributed by atoms with Gasteiger partial charge in [-0.25, -0.2) is 0 Å². The number of nitrogens with one attached hydrogen (secondary N) is 1. The average molecular weight is 374 g/mol. The second-order valence-corrected chi connectivity index (χ2v) is 7.06. The molecule has 2 heterocycles. The van der Waals surface area contributed by atoms with Crippen molar-refractivity contribution in [1.29, 1.82) is 0 Å². The molecule has 1 atom stereocenters. The van der Waals surface area contributed by atoms with Crippen molar-refractivity contribution >= 4 is 17.5 Å². The van der Waals surface area contributed by atoms with Crippen molar-refractivity contribution in [2.24, 2.45) is 5.92 Å². The molecule has 3 aromatic rings. The SMILES string of the molecule is O=C(Nc1ccccc1Cc1ccccc1)[C@H]1CC(=O)N(Cc2ccco2)C1. The van der Waals surface area contributed by atoms with E-state index >= 15 is 0 Å². The summed E-state index contributed by atoms with van der Waals surface area (Å²) in [6, 6.07) is 21.6. The molecule has 0 bridgehead atoms. The maximum Gasteiger partial charge on any atom is 0.229 e. The van der Waals surface area contributed by atoms with Crippen LogP contribution in [0, 0.1) is 5.92 Å². The van der Waals surface area contributed by atoms with Crippen molar-refractivity contribution in [3.63, 3.8) is 0 Å². The largest absolute Gasteiger partial charge is 0.467 e. The number of benzene rings is 2. The molecule has 2 aromatic carbocycles. The zero-order valence-electron chi connectivity index (χ0n) is 15.5. The summed E-state index contributed by atoms with van der Waals surface area (Å²) in [5.74, 6) is 0.236. The highest BCUT2D eigenvalue weighted by Crippen LogP contribution is 2.24. The van der Waals surface area contributed by atoms with Gasteiger partial charge in [0.1, 0.15) is 5.76 Å². The van der Waals surface area contributed by atoms with E-state index < -0.39 is 0 Å². The molecule has 5 nitrogen and oxygen atoms in total. The van der Waals surface area contributed by atoms with Crippen LogP contribution in [-0.2, 0) is 22.6 Å². The lowest BCUT2D eigenvalue weighted by Gasteiger charge is -2.16. The van der Waals surface area contributed by atoms with Crippen molar-refractivity contribution in [2.75, 3.05) is 11.9 Å². The Labute approximate surface area is 164 Å². The molecule has 142 valence electrons. The van der Waals surface area contributed by atoms with Crippen molar-refractivity contribution in [2.45, 2.75) is 19.4 Å². The lowest BCUT2D eigenvalue weighted by molar-refractivity contribution is -0.128. The molecule has 1 N–H and O–H groups in total. The molecule has 0 unspecified atom stereocenters. The van der Waals surface area contributed by atoms with E-state index in [1.807, 2.05) is 48.5 Å². The van der Waals surface area contributed by atoms with Crippen LogP contribution in [0.25, 0.3) is 0 Å². The lowest BCUT2D eigenvalue weighted by atomic mass is 10.0. The molecule has 0 radical (unpaired) electrons. The Morgan fingerprint density at radius 1 is 1.04 bits per heavy atom. The predicted octanol–water partition coefficient (Wildman–Crippen LogP) is 3.86. The molecular weight excluding hydrogens is 352 g/mol. The summed E-state index contributed by atoms with van der Waals surface area (Å²) in [7, 11) is 0. The lowest BCUT2D eigenvalue weighted by Crippen LogP contribution is -2.28. The van der Waals surface area contributed by atoms with Gasteiger partial charge in [0.25, 0.3) is 0 Å². The van der Waals surface area contributed by atoms with Gasteiger partial charge in [-0.15, -0.1) is 0 Å². The van der Waals surface area contributed by atoms with Gasteiger partial charge in [0.15, 0.2) is 0 Å². The summed E-state index contributed by atoms with van der Waals surface area (Å²) in [5.41, 5.74) is 3.04. The Bertz CT molecular complexity index is 951. The number of furan rings is 1. The second kappa shape index (κ2) is 8.13. The smallest absolute Gasteiger partial charge is 0.229 e. The third-order valence-electron chi connectivity index (χ3n) is 5.02. The molecule has 28 heavy (non-hydrogen) atoms. The molecule has 1 aliphatic heterocycles. The van der Waals surface area contributed by atoms with Gasteiger partial charge in [-0.1, -0.05) is 48.5 Å². The minimum Gasteiger partial charge on any atom is -0.467 e. The Kier molecular flexibility index (Phi) is 5.24. The van der Waals surface area contributed by atoms with Crippen LogP contribution in [0.1, 0.15) is 23.3 Å². The first kappa shape index (κ1) is 18.0. The van der Waals surface area contributed by atoms with Gasteiger partial charge in [-0.3, -0.25) is 9.59 Å². The molecule has 5 heteroatoms. The third-order valence-corrected chi connectivity index (χ3v) is 5.02. The molecular formula is C23H22N2O3. The van der Waals surface area contributed by atoms with Crippen LogP contribution in [-0.4, -0.2) is 23.3 Å². The molecule has 4 rings (SSSR count). The van der Waals surface area contributed by atoms with E-state index in [2.05, 4.69) is 17.4 Å². The van der Waals surface area contributed by atoms with Crippen LogP contribution in [0.15, 0.2) is 77.4 Å². The molecule has 1 aromatic heterocycles. The first-order valence-electron chi connectivity index (χ1n) is 9.42. The summed E-state index contributed by atoms with van der Waals surface area (Å²) >= 11 is 0. The van der Waals surface area contributed by atoms with Gasteiger partial charge in [-0.05, 0) is 35.7 Å². The highest BCUT2D eigenvalue weighted by atomic mass is 16.3. The molecule has 1 saturated heterocycles. The molecule has 0 aliphatic carbocycles. The van der Waals surface area contributed by atoms with Crippen molar-refractivity contribution < 1.29 is 14.0 Å². The first-order valence-corrected chi connectivity index (χ1v) is 9.42. The van der Waals surface area contributed by atoms with Gasteiger partial charge in [0.05, 0.1) is 18.7 Å². The van der Waals surface area contributed by atoms with Gasteiger partial charge in [0.2, 0.25) is 11.8 Å². The average Bonchev–Trinajstić information content (AvgIpc) is 3.35. The number of hydrogen-bond donors (Lipinski definition) is 1. The van der Waals surface area contributed by atoms with Gasteiger partial charge >= 0.3 is 0 Å². The fraction of sp³-hybridized carbons (Fsp3) is 0.217. The minimum absolute atomic E-state index is 0.0193. The quantitative estimate of drug-likeness (QED) is 0.713. The third kappa shape index (κ3) is 4.14. The van der Waals surface area contributed by atoms with Crippen molar-refractivity contribution in [3.05, 3.63) is 89.9 Å². The molecule has 0 spiro atoms. The normalized spacial score (nSPS) is 16.4. The summed E-state index contributed by atoms with van der Waals surface area (Å²) < 4.78 is 5.31. The van der Waals surface area contributed by atoms with E-state index in [9.17, 15) is 9.59 Å². The van der Waals surface area contributed by atoms with E-state index in [1.54, 1.807) is 17.2 Å². The minimum atomic E-state index is -0.354. The Morgan fingerprint density at radius 3 is 2.61 bits per heavy atom. The van der Waals surface area contributed by atoms with Crippen LogP contribution in [0.2, 0.25) is 0 Å². The molecule has 2 amide bonds. The zero-order chi connectivity index (χ0) is 19.3. The topological polar surface area (TPSA) is 62.6 Å². The summed E-state index contributed by atoms with van der Waals surface area (Å²) in [6.07, 6.45) is 2.56. The maximum absolute atomic E-state index is 12.8. The Morgan fingerprint density at radius 2 is 1.82 bits per heavy atom. The predicted molar refractivity (Wildman–Crippen MR) is 107 cm³/mol. The number of likely N-dealkylation sites (tertiary alicyclic amines) is 1. The number of carbonyl (C=O) groups excluding carboxylic acids is 2. The van der Waals surface area contributed by atoms with E-state index in [0.29, 0.717) is 13.1 Å². The monoisotopic (exact) mass is 374 g/mol. The fourth-order valence-electron chi connectivity index (χ4n) is 3.54. The van der Waals surface area contributed by atoms with Gasteiger partial charge < -0.3 is 14.6 Å². The maximum atomic E-state index is 12.8. The van der Waals surface area contributed by atoms with E-state index in [4.69, 9.17) is 4.42 Å². The second-order valence-electron chi connectivity index (χ2n) is 7.06. The number of anilines is 1. The zero-order valence-corrected chi connectivity index (χ0v) is 15.5. The Balaban J connectivity index is 1.42. The number of carbonyl (C=O) groups is 2. The van der Waals surface area contributed by atoms with Gasteiger partial charge in [0, 0.05) is 18.7 Å². The van der Waals surface area contributed by atoms with Gasteiger partial charge in [-0.2, -0.15) is 0 Å². The number of hydrogen-bond acceptors (Lipinski definition) is 3. The van der Waals surface area contributed by atoms with Crippen molar-refractivity contribution in [1.82, 2.24) is 4.90 Å². The van der Waals surface area contributed by atoms with Crippen molar-refractivity contribution in [3.8, 4) is 0 Å². The summed E-state index contributed by atoms with van der Waals surface area (Å²) in [6.45, 7) is 0.812. The number of rotatable bonds is 6. The Hall–Kier alpha value is -3.34. The van der Waals surface area contributed by atoms with Crippen LogP contribution < -0.4 is 5.32 Å². The fourth-order valence-corrected chi connectivity index (χ4v) is 3.54. The van der Waals surface area contributed by atoms with E-state index in [1.165, 1.54) is 5.56 Å². The van der Waals surface area contributed by atoms with Crippen LogP contribution >= 0.6 is 0 Å². The summed E-state index contributed by atoms with van der Waals surface area (Å²) in [4.78, 5) is 26.8. The standard InChI is InChI=1S/C23H22N2O3/c26-22-14-19(15-25(22)16-20-10-6-12-28-20)23(27)24-21-11-5-4-9-18(21)13-17-7-2-1-3-8-17/h1-12,19H,13-16H2,(H,24,27)/t19-/m0/s1. The number of nitrogens with zero attached hydrogens (tertiary/aromatic N) is 1. The van der Waals surface area contributed by atoms with E-state index in [0.717, 1.165) is 23.4 Å². The highest BCUT2D eigenvalue weighted by molar-refractivity contribution is 5.97. The first-order chi connectivity index (χ1) is 13.7. The van der Waals surface area contributed by atoms with E-state index in [-0.39, 0.29) is 24.2 Å². The molecule has 0 saturated carbocycles. The molecule has 1 aliphatic rings. The van der Waals surface area contributed by atoms with Crippen LogP contribution in [0.3, 0.4) is 0 Å². The summed E-state index contributed by atoms with van der Waals surface area (Å²) in [5, 5.41) is 3.03. The van der Waals surface area contributed by atoms with Crippen LogP contribution in [0.4, 0.5) is 5.69 Å². The highest BCUT2D eigenvalue weighted by Gasteiger charge is 2.34. The number of amides is 2. The molecule has 1 fully saturated rings. The van der Waals surface area contributed by atoms with Crippen LogP contribution in [0.5, 0.6) is 0 Å². The number of para-hydroxylation sites is 1.